The van der Waals surface area contributed by atoms with Crippen LogP contribution in [0.2, 0.25) is 0 Å². The molecule has 0 amide bonds. The fraction of sp³-hybridized carbons (Fsp3) is 0.562. The van der Waals surface area contributed by atoms with E-state index in [2.05, 4.69) is 16.9 Å². The van der Waals surface area contributed by atoms with E-state index in [1.807, 2.05) is 30.3 Å². The predicted molar refractivity (Wildman–Crippen MR) is 82.9 cm³/mol. The number of rotatable bonds is 10. The number of carboxylic acid groups (broad SMARTS) is 1. The maximum atomic E-state index is 11.4. The SMILES string of the molecule is CCCCC(CC(CN=[N+]=[N-])Cc1ccccc1)C(=O)O. The van der Waals surface area contributed by atoms with Crippen LogP contribution in [-0.2, 0) is 11.2 Å². The Morgan fingerprint density at radius 1 is 1.38 bits per heavy atom. The third-order valence-electron chi connectivity index (χ3n) is 3.64. The van der Waals surface area contributed by atoms with E-state index >= 15 is 0 Å². The minimum atomic E-state index is -0.748. The molecular formula is C16H23N3O2. The van der Waals surface area contributed by atoms with Gasteiger partial charge in [0.1, 0.15) is 0 Å². The molecule has 0 aliphatic rings. The zero-order valence-electron chi connectivity index (χ0n) is 12.5. The summed E-state index contributed by atoms with van der Waals surface area (Å²) in [6.07, 6.45) is 3.90. The van der Waals surface area contributed by atoms with Gasteiger partial charge in [-0.25, -0.2) is 0 Å². The van der Waals surface area contributed by atoms with Crippen LogP contribution in [0.4, 0.5) is 0 Å². The molecule has 1 aromatic carbocycles. The molecule has 0 saturated carbocycles. The molecule has 5 nitrogen and oxygen atoms in total. The normalized spacial score (nSPS) is 13.2. The number of nitrogens with zero attached hydrogens (tertiary/aromatic N) is 3. The zero-order chi connectivity index (χ0) is 15.5. The Morgan fingerprint density at radius 2 is 2.10 bits per heavy atom. The molecule has 0 aromatic heterocycles. The summed E-state index contributed by atoms with van der Waals surface area (Å²) in [7, 11) is 0. The molecule has 0 fully saturated rings. The fourth-order valence-electron chi connectivity index (χ4n) is 2.52. The predicted octanol–water partition coefficient (Wildman–Crippen LogP) is 4.44. The average Bonchev–Trinajstić information content (AvgIpc) is 2.49. The van der Waals surface area contributed by atoms with E-state index in [9.17, 15) is 9.90 Å². The lowest BCUT2D eigenvalue weighted by molar-refractivity contribution is -0.142. The van der Waals surface area contributed by atoms with Gasteiger partial charge >= 0.3 is 5.97 Å². The first-order chi connectivity index (χ1) is 10.2. The fourth-order valence-corrected chi connectivity index (χ4v) is 2.52. The van der Waals surface area contributed by atoms with Gasteiger partial charge < -0.3 is 5.11 Å². The largest absolute Gasteiger partial charge is 0.481 e. The Bertz CT molecular complexity index is 470. The van der Waals surface area contributed by atoms with E-state index in [-0.39, 0.29) is 11.8 Å². The van der Waals surface area contributed by atoms with E-state index in [4.69, 9.17) is 5.53 Å². The molecule has 0 spiro atoms. The van der Waals surface area contributed by atoms with Gasteiger partial charge in [-0.2, -0.15) is 0 Å². The number of azide groups is 1. The van der Waals surface area contributed by atoms with Crippen LogP contribution in [0.3, 0.4) is 0 Å². The topological polar surface area (TPSA) is 86.1 Å². The van der Waals surface area contributed by atoms with Gasteiger partial charge in [-0.3, -0.25) is 4.79 Å². The Balaban J connectivity index is 2.71. The van der Waals surface area contributed by atoms with Gasteiger partial charge in [-0.15, -0.1) is 0 Å². The van der Waals surface area contributed by atoms with Crippen molar-refractivity contribution in [3.05, 3.63) is 46.3 Å². The minimum absolute atomic E-state index is 0.0706. The molecule has 1 aromatic rings. The van der Waals surface area contributed by atoms with Gasteiger partial charge in [0.15, 0.2) is 0 Å². The molecule has 2 atom stereocenters. The van der Waals surface area contributed by atoms with Crippen LogP contribution in [-0.4, -0.2) is 17.6 Å². The number of hydrogen-bond donors (Lipinski definition) is 1. The lowest BCUT2D eigenvalue weighted by Gasteiger charge is -2.19. The van der Waals surface area contributed by atoms with Crippen molar-refractivity contribution in [1.29, 1.82) is 0 Å². The number of carbonyl (C=O) groups is 1. The molecule has 21 heavy (non-hydrogen) atoms. The molecule has 0 heterocycles. The molecule has 0 aliphatic carbocycles. The van der Waals surface area contributed by atoms with Gasteiger partial charge in [0, 0.05) is 11.5 Å². The van der Waals surface area contributed by atoms with Crippen LogP contribution in [0.15, 0.2) is 35.4 Å². The molecule has 2 unspecified atom stereocenters. The number of carboxylic acids is 1. The van der Waals surface area contributed by atoms with Crippen molar-refractivity contribution in [2.75, 3.05) is 6.54 Å². The summed E-state index contributed by atoms with van der Waals surface area (Å²) >= 11 is 0. The second-order valence-electron chi connectivity index (χ2n) is 5.38. The van der Waals surface area contributed by atoms with Crippen LogP contribution in [0.1, 0.15) is 38.2 Å². The van der Waals surface area contributed by atoms with E-state index in [1.165, 1.54) is 0 Å². The highest BCUT2D eigenvalue weighted by molar-refractivity contribution is 5.69. The third-order valence-corrected chi connectivity index (χ3v) is 3.64. The van der Waals surface area contributed by atoms with Gasteiger partial charge in [0.2, 0.25) is 0 Å². The summed E-state index contributed by atoms with van der Waals surface area (Å²) in [5, 5.41) is 13.0. The first-order valence-corrected chi connectivity index (χ1v) is 7.45. The molecule has 0 aliphatic heterocycles. The Kier molecular flexibility index (Phi) is 7.99. The van der Waals surface area contributed by atoms with Crippen LogP contribution in [0, 0.1) is 11.8 Å². The van der Waals surface area contributed by atoms with Gasteiger partial charge in [-0.05, 0) is 36.3 Å². The Morgan fingerprint density at radius 3 is 2.67 bits per heavy atom. The highest BCUT2D eigenvalue weighted by Gasteiger charge is 2.22. The first-order valence-electron chi connectivity index (χ1n) is 7.45. The minimum Gasteiger partial charge on any atom is -0.481 e. The lowest BCUT2D eigenvalue weighted by atomic mass is 9.87. The highest BCUT2D eigenvalue weighted by Crippen LogP contribution is 2.22. The number of aliphatic carboxylic acids is 1. The second kappa shape index (κ2) is 9.83. The number of hydrogen-bond acceptors (Lipinski definition) is 2. The zero-order valence-corrected chi connectivity index (χ0v) is 12.5. The van der Waals surface area contributed by atoms with Crippen molar-refractivity contribution < 1.29 is 9.90 Å². The summed E-state index contributed by atoms with van der Waals surface area (Å²) in [5.41, 5.74) is 9.66. The van der Waals surface area contributed by atoms with Crippen molar-refractivity contribution in [3.63, 3.8) is 0 Å². The van der Waals surface area contributed by atoms with Crippen LogP contribution < -0.4 is 0 Å². The van der Waals surface area contributed by atoms with Gasteiger partial charge in [0.05, 0.1) is 5.92 Å². The smallest absolute Gasteiger partial charge is 0.306 e. The third kappa shape index (κ3) is 6.82. The second-order valence-corrected chi connectivity index (χ2v) is 5.38. The van der Waals surface area contributed by atoms with E-state index in [0.29, 0.717) is 19.4 Å². The van der Waals surface area contributed by atoms with Crippen molar-refractivity contribution in [3.8, 4) is 0 Å². The molecule has 0 radical (unpaired) electrons. The van der Waals surface area contributed by atoms with Crippen LogP contribution in [0.5, 0.6) is 0 Å². The van der Waals surface area contributed by atoms with Crippen LogP contribution >= 0.6 is 0 Å². The highest BCUT2D eigenvalue weighted by atomic mass is 16.4. The molecule has 0 saturated heterocycles. The van der Waals surface area contributed by atoms with E-state index in [0.717, 1.165) is 24.8 Å². The van der Waals surface area contributed by atoms with E-state index in [1.54, 1.807) is 0 Å². The summed E-state index contributed by atoms with van der Waals surface area (Å²) < 4.78 is 0. The van der Waals surface area contributed by atoms with Crippen molar-refractivity contribution in [2.45, 2.75) is 39.0 Å². The summed E-state index contributed by atoms with van der Waals surface area (Å²) in [6, 6.07) is 9.92. The lowest BCUT2D eigenvalue weighted by Crippen LogP contribution is -2.21. The molecule has 114 valence electrons. The average molecular weight is 289 g/mol. The Labute approximate surface area is 125 Å². The molecule has 0 bridgehead atoms. The van der Waals surface area contributed by atoms with Gasteiger partial charge in [-0.1, -0.05) is 55.2 Å². The van der Waals surface area contributed by atoms with Gasteiger partial charge in [0.25, 0.3) is 0 Å². The van der Waals surface area contributed by atoms with E-state index < -0.39 is 5.97 Å². The summed E-state index contributed by atoms with van der Waals surface area (Å²) in [4.78, 5) is 14.2. The number of benzene rings is 1. The molecule has 5 heteroatoms. The van der Waals surface area contributed by atoms with Crippen molar-refractivity contribution in [1.82, 2.24) is 0 Å². The molecular weight excluding hydrogens is 266 g/mol. The first kappa shape index (κ1) is 17.1. The summed E-state index contributed by atoms with van der Waals surface area (Å²) in [6.45, 7) is 2.40. The quantitative estimate of drug-likeness (QED) is 0.392. The van der Waals surface area contributed by atoms with Crippen molar-refractivity contribution >= 4 is 5.97 Å². The summed E-state index contributed by atoms with van der Waals surface area (Å²) in [5.74, 6) is -1.03. The molecule has 1 N–H and O–H groups in total. The Hall–Kier alpha value is -2.00. The molecule has 1 rings (SSSR count). The standard InChI is InChI=1S/C16H23N3O2/c1-2-3-9-15(16(20)21)11-14(12-18-19-17)10-13-7-5-4-6-8-13/h4-8,14-15H,2-3,9-12H2,1H3,(H,20,21). The number of unbranched alkanes of at least 4 members (excludes halogenated alkanes) is 1. The monoisotopic (exact) mass is 289 g/mol. The maximum absolute atomic E-state index is 11.4. The van der Waals surface area contributed by atoms with Crippen LogP contribution in [0.25, 0.3) is 10.4 Å². The maximum Gasteiger partial charge on any atom is 0.306 e. The van der Waals surface area contributed by atoms with Crippen molar-refractivity contribution in [2.24, 2.45) is 17.0 Å².